The van der Waals surface area contributed by atoms with Crippen LogP contribution in [0.5, 0.6) is 0 Å². The Hall–Kier alpha value is -1.29. The summed E-state index contributed by atoms with van der Waals surface area (Å²) in [6.45, 7) is 3.80. The number of fused-ring (bicyclic) bond motifs is 2. The average Bonchev–Trinajstić information content (AvgIpc) is 2.84. The van der Waals surface area contributed by atoms with E-state index in [0.29, 0.717) is 11.7 Å². The van der Waals surface area contributed by atoms with E-state index in [1.54, 1.807) is 0 Å². The Morgan fingerprint density at radius 1 is 1.12 bits per heavy atom. The smallest absolute Gasteiger partial charge is 0.229 e. The first-order valence-corrected chi connectivity index (χ1v) is 11.2. The van der Waals surface area contributed by atoms with Crippen LogP contribution in [0.4, 0.5) is 0 Å². The van der Waals surface area contributed by atoms with Crippen molar-refractivity contribution in [3.63, 3.8) is 0 Å². The molecule has 0 N–H and O–H groups in total. The molecule has 0 spiro atoms. The molecule has 1 saturated heterocycles. The van der Waals surface area contributed by atoms with Gasteiger partial charge in [-0.25, -0.2) is 0 Å². The van der Waals surface area contributed by atoms with E-state index >= 15 is 0 Å². The standard InChI is InChI=1S/C22H29NO2S/c1-15(22(25)23-11-5-2-6-12-23)16-9-10-19-20(13-16)26-14-17-7-3-4-8-18(17)21(19)24/h9-10,13,15,17-18H,2-8,11-12,14H2,1H3. The molecule has 0 aromatic heterocycles. The number of carbonyl (C=O) groups excluding carboxylic acids is 2. The zero-order chi connectivity index (χ0) is 18.1. The molecular formula is C22H29NO2S. The third-order valence-electron chi connectivity index (χ3n) is 6.51. The lowest BCUT2D eigenvalue weighted by molar-refractivity contribution is -0.133. The molecule has 1 amide bonds. The average molecular weight is 372 g/mol. The minimum atomic E-state index is -0.125. The van der Waals surface area contributed by atoms with Crippen molar-refractivity contribution in [3.05, 3.63) is 29.3 Å². The highest BCUT2D eigenvalue weighted by molar-refractivity contribution is 7.99. The minimum Gasteiger partial charge on any atom is -0.342 e. The number of ketones is 1. The first kappa shape index (κ1) is 18.1. The van der Waals surface area contributed by atoms with Crippen LogP contribution in [-0.2, 0) is 4.79 Å². The molecule has 3 nitrogen and oxygen atoms in total. The van der Waals surface area contributed by atoms with Crippen molar-refractivity contribution in [1.29, 1.82) is 0 Å². The van der Waals surface area contributed by atoms with Crippen LogP contribution in [-0.4, -0.2) is 35.4 Å². The van der Waals surface area contributed by atoms with E-state index in [1.807, 2.05) is 35.7 Å². The number of hydrogen-bond donors (Lipinski definition) is 0. The van der Waals surface area contributed by atoms with Crippen molar-refractivity contribution in [2.75, 3.05) is 18.8 Å². The predicted octanol–water partition coefficient (Wildman–Crippen LogP) is 4.90. The van der Waals surface area contributed by atoms with Crippen LogP contribution in [0.25, 0.3) is 0 Å². The lowest BCUT2D eigenvalue weighted by Gasteiger charge is -2.29. The maximum Gasteiger partial charge on any atom is 0.229 e. The molecule has 3 aliphatic rings. The molecule has 1 aromatic rings. The summed E-state index contributed by atoms with van der Waals surface area (Å²) in [6.07, 6.45) is 8.16. The minimum absolute atomic E-state index is 0.125. The van der Waals surface area contributed by atoms with Crippen molar-refractivity contribution < 1.29 is 9.59 Å². The van der Waals surface area contributed by atoms with E-state index in [-0.39, 0.29) is 17.7 Å². The Balaban J connectivity index is 1.56. The zero-order valence-corrected chi connectivity index (χ0v) is 16.5. The second kappa shape index (κ2) is 7.75. The molecular weight excluding hydrogens is 342 g/mol. The van der Waals surface area contributed by atoms with Crippen LogP contribution in [0, 0.1) is 11.8 Å². The van der Waals surface area contributed by atoms with Crippen LogP contribution in [0.15, 0.2) is 23.1 Å². The number of likely N-dealkylation sites (tertiary alicyclic amines) is 1. The first-order valence-electron chi connectivity index (χ1n) is 10.2. The number of rotatable bonds is 2. The number of benzene rings is 1. The van der Waals surface area contributed by atoms with Gasteiger partial charge in [-0.1, -0.05) is 18.9 Å². The summed E-state index contributed by atoms with van der Waals surface area (Å²) >= 11 is 1.83. The molecule has 3 atom stereocenters. The summed E-state index contributed by atoms with van der Waals surface area (Å²) in [7, 11) is 0. The van der Waals surface area contributed by atoms with Gasteiger partial charge in [0, 0.05) is 35.2 Å². The third kappa shape index (κ3) is 3.45. The normalized spacial score (nSPS) is 27.3. The Kier molecular flexibility index (Phi) is 5.40. The van der Waals surface area contributed by atoms with Gasteiger partial charge in [-0.05, 0) is 62.6 Å². The maximum atomic E-state index is 13.0. The summed E-state index contributed by atoms with van der Waals surface area (Å²) in [5, 5.41) is 0. The molecule has 2 fully saturated rings. The quantitative estimate of drug-likeness (QED) is 0.742. The first-order chi connectivity index (χ1) is 12.6. The van der Waals surface area contributed by atoms with E-state index < -0.39 is 0 Å². The fourth-order valence-electron chi connectivity index (χ4n) is 4.81. The SMILES string of the molecule is CC(C(=O)N1CCCCC1)c1ccc2c(c1)SCC1CCCCC1C2=O. The summed E-state index contributed by atoms with van der Waals surface area (Å²) in [5.74, 6) is 2.25. The van der Waals surface area contributed by atoms with Crippen LogP contribution in [0.2, 0.25) is 0 Å². The van der Waals surface area contributed by atoms with Gasteiger partial charge in [0.1, 0.15) is 0 Å². The van der Waals surface area contributed by atoms with Gasteiger partial charge in [-0.2, -0.15) is 0 Å². The van der Waals surface area contributed by atoms with Crippen LogP contribution < -0.4 is 0 Å². The lowest BCUT2D eigenvalue weighted by atomic mass is 9.76. The molecule has 1 aromatic carbocycles. The van der Waals surface area contributed by atoms with Gasteiger partial charge < -0.3 is 4.90 Å². The summed E-state index contributed by atoms with van der Waals surface area (Å²) in [6, 6.07) is 6.14. The number of Topliss-reactive ketones (excluding diaryl/α,β-unsaturated/α-hetero) is 1. The molecule has 2 aliphatic heterocycles. The van der Waals surface area contributed by atoms with Gasteiger partial charge in [-0.3, -0.25) is 9.59 Å². The highest BCUT2D eigenvalue weighted by atomic mass is 32.2. The highest BCUT2D eigenvalue weighted by Crippen LogP contribution is 2.42. The molecule has 3 unspecified atom stereocenters. The summed E-state index contributed by atoms with van der Waals surface area (Å²) in [5.41, 5.74) is 1.95. The number of amides is 1. The van der Waals surface area contributed by atoms with Crippen LogP contribution >= 0.6 is 11.8 Å². The van der Waals surface area contributed by atoms with Crippen LogP contribution in [0.1, 0.15) is 73.7 Å². The second-order valence-electron chi connectivity index (χ2n) is 8.19. The van der Waals surface area contributed by atoms with Gasteiger partial charge in [-0.15, -0.1) is 11.8 Å². The summed E-state index contributed by atoms with van der Waals surface area (Å²) in [4.78, 5) is 29.0. The largest absolute Gasteiger partial charge is 0.342 e. The van der Waals surface area contributed by atoms with Crippen LogP contribution in [0.3, 0.4) is 0 Å². The van der Waals surface area contributed by atoms with Crippen molar-refractivity contribution in [2.24, 2.45) is 11.8 Å². The van der Waals surface area contributed by atoms with E-state index in [0.717, 1.165) is 54.1 Å². The number of carbonyl (C=O) groups is 2. The van der Waals surface area contributed by atoms with E-state index in [2.05, 4.69) is 6.07 Å². The molecule has 1 aliphatic carbocycles. The number of hydrogen-bond acceptors (Lipinski definition) is 3. The van der Waals surface area contributed by atoms with Gasteiger partial charge in [0.05, 0.1) is 5.92 Å². The van der Waals surface area contributed by atoms with Crippen molar-refractivity contribution in [1.82, 2.24) is 4.90 Å². The zero-order valence-electron chi connectivity index (χ0n) is 15.7. The lowest BCUT2D eigenvalue weighted by Crippen LogP contribution is -2.38. The van der Waals surface area contributed by atoms with Crippen molar-refractivity contribution in [3.8, 4) is 0 Å². The third-order valence-corrected chi connectivity index (χ3v) is 7.75. The molecule has 0 bridgehead atoms. The Morgan fingerprint density at radius 2 is 1.88 bits per heavy atom. The van der Waals surface area contributed by atoms with Crippen molar-refractivity contribution in [2.45, 2.75) is 62.7 Å². The molecule has 4 rings (SSSR count). The number of piperidine rings is 1. The summed E-state index contributed by atoms with van der Waals surface area (Å²) < 4.78 is 0. The Bertz CT molecular complexity index is 695. The Morgan fingerprint density at radius 3 is 2.69 bits per heavy atom. The molecule has 140 valence electrons. The topological polar surface area (TPSA) is 37.4 Å². The van der Waals surface area contributed by atoms with Gasteiger partial charge >= 0.3 is 0 Å². The number of nitrogens with zero attached hydrogens (tertiary/aromatic N) is 1. The van der Waals surface area contributed by atoms with Gasteiger partial charge in [0.15, 0.2) is 5.78 Å². The maximum absolute atomic E-state index is 13.0. The Labute approximate surface area is 160 Å². The molecule has 26 heavy (non-hydrogen) atoms. The highest BCUT2D eigenvalue weighted by Gasteiger charge is 2.35. The monoisotopic (exact) mass is 371 g/mol. The van der Waals surface area contributed by atoms with E-state index in [4.69, 9.17) is 0 Å². The van der Waals surface area contributed by atoms with E-state index in [9.17, 15) is 9.59 Å². The second-order valence-corrected chi connectivity index (χ2v) is 9.25. The molecule has 4 heteroatoms. The van der Waals surface area contributed by atoms with E-state index in [1.165, 1.54) is 25.7 Å². The predicted molar refractivity (Wildman–Crippen MR) is 106 cm³/mol. The number of thioether (sulfide) groups is 1. The van der Waals surface area contributed by atoms with Gasteiger partial charge in [0.2, 0.25) is 5.91 Å². The van der Waals surface area contributed by atoms with Crippen molar-refractivity contribution >= 4 is 23.5 Å². The fourth-order valence-corrected chi connectivity index (χ4v) is 6.15. The van der Waals surface area contributed by atoms with Gasteiger partial charge in [0.25, 0.3) is 0 Å². The molecule has 0 radical (unpaired) electrons. The molecule has 2 heterocycles. The fraction of sp³-hybridized carbons (Fsp3) is 0.636. The molecule has 1 saturated carbocycles.